The van der Waals surface area contributed by atoms with Crippen molar-refractivity contribution in [2.24, 2.45) is 0 Å². The average molecular weight is 216 g/mol. The summed E-state index contributed by atoms with van der Waals surface area (Å²) in [6.45, 7) is 3.08. The van der Waals surface area contributed by atoms with E-state index in [2.05, 4.69) is 6.92 Å². The van der Waals surface area contributed by atoms with E-state index in [1.165, 1.54) is 0 Å². The molecule has 88 valence electrons. The van der Waals surface area contributed by atoms with Gasteiger partial charge in [0.25, 0.3) is 0 Å². The van der Waals surface area contributed by atoms with E-state index >= 15 is 0 Å². The number of aldehydes is 1. The maximum absolute atomic E-state index is 10.9. The van der Waals surface area contributed by atoms with E-state index in [0.717, 1.165) is 25.5 Å². The Morgan fingerprint density at radius 3 is 2.87 bits per heavy atom. The van der Waals surface area contributed by atoms with Gasteiger partial charge < -0.3 is 19.4 Å². The topological polar surface area (TPSA) is 55.8 Å². The number of ether oxygens (including phenoxy) is 2. The smallest absolute Gasteiger partial charge is 0.151 e. The van der Waals surface area contributed by atoms with Crippen molar-refractivity contribution in [2.45, 2.75) is 44.3 Å². The first-order chi connectivity index (χ1) is 7.29. The van der Waals surface area contributed by atoms with Crippen LogP contribution in [0, 0.1) is 0 Å². The van der Waals surface area contributed by atoms with Crippen molar-refractivity contribution in [3.05, 3.63) is 0 Å². The molecule has 0 saturated carbocycles. The van der Waals surface area contributed by atoms with Crippen LogP contribution >= 0.6 is 0 Å². The quantitative estimate of drug-likeness (QED) is 0.671. The molecule has 0 bridgehead atoms. The van der Waals surface area contributed by atoms with Crippen molar-refractivity contribution in [3.63, 3.8) is 0 Å². The number of hydrogen-bond donors (Lipinski definition) is 1. The molecule has 0 radical (unpaired) electrons. The highest BCUT2D eigenvalue weighted by molar-refractivity contribution is 5.58. The summed E-state index contributed by atoms with van der Waals surface area (Å²) in [7, 11) is 0. The minimum atomic E-state index is -0.592. The van der Waals surface area contributed by atoms with Gasteiger partial charge in [-0.3, -0.25) is 0 Å². The summed E-state index contributed by atoms with van der Waals surface area (Å²) in [6.07, 6.45) is 3.54. The normalized spacial score (nSPS) is 31.5. The van der Waals surface area contributed by atoms with Crippen molar-refractivity contribution < 1.29 is 19.4 Å². The number of carbonyl (C=O) groups is 1. The lowest BCUT2D eigenvalue weighted by Crippen LogP contribution is -2.52. The number of aliphatic hydroxyl groups excluding tert-OH is 1. The van der Waals surface area contributed by atoms with E-state index in [1.807, 2.05) is 0 Å². The molecule has 1 heterocycles. The van der Waals surface area contributed by atoms with Gasteiger partial charge >= 0.3 is 0 Å². The summed E-state index contributed by atoms with van der Waals surface area (Å²) in [5.41, 5.74) is -0.592. The van der Waals surface area contributed by atoms with Gasteiger partial charge in [-0.15, -0.1) is 0 Å². The van der Waals surface area contributed by atoms with E-state index in [-0.39, 0.29) is 6.61 Å². The molecule has 4 heteroatoms. The minimum Gasteiger partial charge on any atom is -0.396 e. The summed E-state index contributed by atoms with van der Waals surface area (Å²) in [4.78, 5) is 10.9. The van der Waals surface area contributed by atoms with Crippen LogP contribution in [0.5, 0.6) is 0 Å². The number of hydrogen-bond acceptors (Lipinski definition) is 4. The molecule has 1 saturated heterocycles. The molecule has 1 rings (SSSR count). The van der Waals surface area contributed by atoms with Gasteiger partial charge in [-0.2, -0.15) is 0 Å². The van der Waals surface area contributed by atoms with Crippen LogP contribution in [0.15, 0.2) is 0 Å². The predicted octanol–water partition coefficient (Wildman–Crippen LogP) is 0.912. The second-order valence-electron chi connectivity index (χ2n) is 3.92. The van der Waals surface area contributed by atoms with E-state index < -0.39 is 11.7 Å². The molecule has 1 aliphatic rings. The molecule has 0 aromatic rings. The molecule has 1 N–H and O–H groups in total. The van der Waals surface area contributed by atoms with Gasteiger partial charge in [-0.25, -0.2) is 0 Å². The Kier molecular flexibility index (Phi) is 5.22. The first-order valence-corrected chi connectivity index (χ1v) is 5.61. The van der Waals surface area contributed by atoms with Gasteiger partial charge in [0.15, 0.2) is 6.29 Å². The number of carbonyl (C=O) groups excluding carboxylic acids is 1. The van der Waals surface area contributed by atoms with Gasteiger partial charge in [0.05, 0.1) is 13.2 Å². The van der Waals surface area contributed by atoms with Crippen LogP contribution < -0.4 is 0 Å². The van der Waals surface area contributed by atoms with Crippen molar-refractivity contribution in [3.8, 4) is 0 Å². The van der Waals surface area contributed by atoms with Crippen molar-refractivity contribution in [1.29, 1.82) is 0 Å². The first kappa shape index (κ1) is 12.6. The highest BCUT2D eigenvalue weighted by Gasteiger charge is 2.42. The molecule has 0 amide bonds. The van der Waals surface area contributed by atoms with Crippen LogP contribution in [-0.2, 0) is 14.3 Å². The monoisotopic (exact) mass is 216 g/mol. The lowest BCUT2D eigenvalue weighted by atomic mass is 9.87. The van der Waals surface area contributed by atoms with Gasteiger partial charge in [-0.05, 0) is 6.42 Å². The second-order valence-corrected chi connectivity index (χ2v) is 3.92. The lowest BCUT2D eigenvalue weighted by Gasteiger charge is -2.41. The van der Waals surface area contributed by atoms with Gasteiger partial charge in [0.1, 0.15) is 11.7 Å². The van der Waals surface area contributed by atoms with Crippen LogP contribution in [0.4, 0.5) is 0 Å². The first-order valence-electron chi connectivity index (χ1n) is 5.61. The lowest BCUT2D eigenvalue weighted by molar-refractivity contribution is -0.205. The maximum atomic E-state index is 10.9. The molecule has 0 aromatic carbocycles. The van der Waals surface area contributed by atoms with E-state index in [9.17, 15) is 4.79 Å². The van der Waals surface area contributed by atoms with Gasteiger partial charge in [0.2, 0.25) is 0 Å². The van der Waals surface area contributed by atoms with Crippen molar-refractivity contribution in [1.82, 2.24) is 0 Å². The number of rotatable bonds is 6. The zero-order valence-corrected chi connectivity index (χ0v) is 9.28. The Morgan fingerprint density at radius 1 is 1.47 bits per heavy atom. The molecular weight excluding hydrogens is 196 g/mol. The highest BCUT2D eigenvalue weighted by atomic mass is 16.6. The molecule has 0 aromatic heterocycles. The van der Waals surface area contributed by atoms with Crippen molar-refractivity contribution >= 4 is 6.29 Å². The standard InChI is InChI=1S/C11H20O4/c1-2-3-4-11(5-6-12)10(9-13)14-7-8-15-11/h9-10,12H,2-8H2,1H3. The third kappa shape index (κ3) is 3.00. The zero-order valence-electron chi connectivity index (χ0n) is 9.28. The number of aliphatic hydroxyl groups is 1. The fourth-order valence-corrected chi connectivity index (χ4v) is 2.04. The molecule has 1 aliphatic heterocycles. The van der Waals surface area contributed by atoms with E-state index in [1.54, 1.807) is 0 Å². The van der Waals surface area contributed by atoms with Crippen LogP contribution in [0.1, 0.15) is 32.6 Å². The maximum Gasteiger partial charge on any atom is 0.151 e. The Labute approximate surface area is 90.6 Å². The van der Waals surface area contributed by atoms with Crippen LogP contribution in [0.25, 0.3) is 0 Å². The van der Waals surface area contributed by atoms with Gasteiger partial charge in [0, 0.05) is 13.0 Å². The second kappa shape index (κ2) is 6.20. The fraction of sp³-hybridized carbons (Fsp3) is 0.909. The fourth-order valence-electron chi connectivity index (χ4n) is 2.04. The third-order valence-electron chi connectivity index (χ3n) is 2.90. The summed E-state index contributed by atoms with van der Waals surface area (Å²) in [5, 5.41) is 9.04. The number of unbranched alkanes of at least 4 members (excludes halogenated alkanes) is 1. The van der Waals surface area contributed by atoms with Crippen LogP contribution in [0.2, 0.25) is 0 Å². The summed E-state index contributed by atoms with van der Waals surface area (Å²) in [6, 6.07) is 0. The Morgan fingerprint density at radius 2 is 2.27 bits per heavy atom. The largest absolute Gasteiger partial charge is 0.396 e. The molecule has 0 spiro atoms. The molecular formula is C11H20O4. The highest BCUT2D eigenvalue weighted by Crippen LogP contribution is 2.31. The Hall–Kier alpha value is -0.450. The summed E-state index contributed by atoms with van der Waals surface area (Å²) >= 11 is 0. The molecule has 2 atom stereocenters. The van der Waals surface area contributed by atoms with Crippen LogP contribution in [0.3, 0.4) is 0 Å². The minimum absolute atomic E-state index is 0.0252. The predicted molar refractivity (Wildman–Crippen MR) is 55.7 cm³/mol. The van der Waals surface area contributed by atoms with E-state index in [4.69, 9.17) is 14.6 Å². The van der Waals surface area contributed by atoms with Crippen molar-refractivity contribution in [2.75, 3.05) is 19.8 Å². The SMILES string of the molecule is CCCCC1(CCO)OCCOC1C=O. The Bertz CT molecular complexity index is 191. The summed E-state index contributed by atoms with van der Waals surface area (Å²) < 4.78 is 11.1. The summed E-state index contributed by atoms with van der Waals surface area (Å²) in [5.74, 6) is 0. The molecule has 2 unspecified atom stereocenters. The third-order valence-corrected chi connectivity index (χ3v) is 2.90. The zero-order chi connectivity index (χ0) is 11.1. The molecule has 0 aliphatic carbocycles. The average Bonchev–Trinajstić information content (AvgIpc) is 2.27. The molecule has 1 fully saturated rings. The molecule has 15 heavy (non-hydrogen) atoms. The Balaban J connectivity index is 2.69. The van der Waals surface area contributed by atoms with Crippen LogP contribution in [-0.4, -0.2) is 42.9 Å². The van der Waals surface area contributed by atoms with Gasteiger partial charge in [-0.1, -0.05) is 19.8 Å². The molecule has 4 nitrogen and oxygen atoms in total. The van der Waals surface area contributed by atoms with E-state index in [0.29, 0.717) is 19.6 Å².